The van der Waals surface area contributed by atoms with Gasteiger partial charge in [0.1, 0.15) is 5.75 Å². The smallest absolute Gasteiger partial charge is 0.132 e. The average molecular weight is 343 g/mol. The van der Waals surface area contributed by atoms with Crippen LogP contribution in [-0.2, 0) is 13.1 Å². The molecule has 0 saturated carbocycles. The quantitative estimate of drug-likeness (QED) is 0.752. The Kier molecular flexibility index (Phi) is 6.12. The van der Waals surface area contributed by atoms with Gasteiger partial charge in [-0.25, -0.2) is 0 Å². The molecule has 5 heteroatoms. The third-order valence-corrected chi connectivity index (χ3v) is 5.23. The van der Waals surface area contributed by atoms with Crippen LogP contribution in [0.2, 0.25) is 0 Å². The molecule has 0 amide bonds. The first-order chi connectivity index (χ1) is 11.8. The first kappa shape index (κ1) is 17.3. The maximum atomic E-state index is 5.41. The minimum Gasteiger partial charge on any atom is -0.496 e. The zero-order valence-electron chi connectivity index (χ0n) is 14.4. The Morgan fingerprint density at radius 3 is 2.17 bits per heavy atom. The molecule has 1 aromatic carbocycles. The lowest BCUT2D eigenvalue weighted by atomic mass is 10.1. The Labute approximate surface area is 148 Å². The van der Waals surface area contributed by atoms with Crippen LogP contribution >= 0.6 is 11.8 Å². The van der Waals surface area contributed by atoms with E-state index in [2.05, 4.69) is 51.4 Å². The molecular weight excluding hydrogens is 318 g/mol. The van der Waals surface area contributed by atoms with Crippen molar-refractivity contribution in [2.24, 2.45) is 0 Å². The molecule has 1 aliphatic rings. The fraction of sp³-hybridized carbons (Fsp3) is 0.421. The molecule has 1 aromatic heterocycles. The molecule has 0 bridgehead atoms. The minimum absolute atomic E-state index is 0.966. The van der Waals surface area contributed by atoms with Gasteiger partial charge in [-0.05, 0) is 41.6 Å². The second-order valence-corrected chi connectivity index (χ2v) is 6.95. The molecule has 1 aliphatic heterocycles. The van der Waals surface area contributed by atoms with Gasteiger partial charge in [-0.3, -0.25) is 14.8 Å². The van der Waals surface area contributed by atoms with Gasteiger partial charge in [-0.15, -0.1) is 11.8 Å². The lowest BCUT2D eigenvalue weighted by molar-refractivity contribution is 0.122. The van der Waals surface area contributed by atoms with Crippen LogP contribution in [0.4, 0.5) is 0 Å². The van der Waals surface area contributed by atoms with Gasteiger partial charge in [0.05, 0.1) is 7.11 Å². The summed E-state index contributed by atoms with van der Waals surface area (Å²) in [5.41, 5.74) is 2.71. The van der Waals surface area contributed by atoms with Crippen molar-refractivity contribution in [3.8, 4) is 5.75 Å². The summed E-state index contributed by atoms with van der Waals surface area (Å²) in [6.07, 6.45) is 5.84. The van der Waals surface area contributed by atoms with E-state index in [9.17, 15) is 0 Å². The maximum Gasteiger partial charge on any atom is 0.132 e. The molecule has 0 spiro atoms. The van der Waals surface area contributed by atoms with Crippen molar-refractivity contribution in [1.82, 2.24) is 14.8 Å². The first-order valence-corrected chi connectivity index (χ1v) is 9.55. The molecule has 0 atom stereocenters. The number of ether oxygens (including phenoxy) is 1. The van der Waals surface area contributed by atoms with Crippen LogP contribution in [0.5, 0.6) is 5.75 Å². The number of aromatic nitrogens is 1. The lowest BCUT2D eigenvalue weighted by Gasteiger charge is -2.34. The topological polar surface area (TPSA) is 28.6 Å². The summed E-state index contributed by atoms with van der Waals surface area (Å²) in [6.45, 7) is 6.51. The zero-order valence-corrected chi connectivity index (χ0v) is 15.3. The highest BCUT2D eigenvalue weighted by atomic mass is 32.2. The zero-order chi connectivity index (χ0) is 16.8. The summed E-state index contributed by atoms with van der Waals surface area (Å²) >= 11 is 1.74. The fourth-order valence-electron chi connectivity index (χ4n) is 3.09. The van der Waals surface area contributed by atoms with Crippen molar-refractivity contribution in [2.75, 3.05) is 39.5 Å². The van der Waals surface area contributed by atoms with Gasteiger partial charge in [0.15, 0.2) is 0 Å². The fourth-order valence-corrected chi connectivity index (χ4v) is 3.71. The number of piperazine rings is 1. The van der Waals surface area contributed by atoms with Crippen LogP contribution in [0.25, 0.3) is 0 Å². The largest absolute Gasteiger partial charge is 0.496 e. The number of rotatable bonds is 6. The molecule has 1 saturated heterocycles. The van der Waals surface area contributed by atoms with E-state index in [1.165, 1.54) is 16.0 Å². The molecular formula is C19H25N3OS. The standard InChI is InChI=1S/C19H25N3OS/c1-23-18-4-3-17(13-19(18)24-2)15-22-11-9-21(10-12-22)14-16-5-7-20-8-6-16/h3-8,13H,9-12,14-15H2,1-2H3. The summed E-state index contributed by atoms with van der Waals surface area (Å²) < 4.78 is 5.41. The van der Waals surface area contributed by atoms with Crippen molar-refractivity contribution in [3.63, 3.8) is 0 Å². The van der Waals surface area contributed by atoms with Crippen LogP contribution in [0.3, 0.4) is 0 Å². The van der Waals surface area contributed by atoms with E-state index >= 15 is 0 Å². The second-order valence-electron chi connectivity index (χ2n) is 6.10. The first-order valence-electron chi connectivity index (χ1n) is 8.33. The SMILES string of the molecule is COc1ccc(CN2CCN(Cc3ccncc3)CC2)cc1SC. The summed E-state index contributed by atoms with van der Waals surface area (Å²) in [4.78, 5) is 10.4. The van der Waals surface area contributed by atoms with Crippen molar-refractivity contribution < 1.29 is 4.74 Å². The Balaban J connectivity index is 1.52. The number of thioether (sulfide) groups is 1. The molecule has 0 aliphatic carbocycles. The van der Waals surface area contributed by atoms with Crippen molar-refractivity contribution in [2.45, 2.75) is 18.0 Å². The van der Waals surface area contributed by atoms with Gasteiger partial charge in [-0.1, -0.05) is 6.07 Å². The van der Waals surface area contributed by atoms with E-state index in [1.54, 1.807) is 18.9 Å². The molecule has 4 nitrogen and oxygen atoms in total. The van der Waals surface area contributed by atoms with Crippen LogP contribution < -0.4 is 4.74 Å². The average Bonchev–Trinajstić information content (AvgIpc) is 2.64. The monoisotopic (exact) mass is 343 g/mol. The number of hydrogen-bond acceptors (Lipinski definition) is 5. The van der Waals surface area contributed by atoms with Crippen LogP contribution in [0, 0.1) is 0 Å². The van der Waals surface area contributed by atoms with E-state index in [-0.39, 0.29) is 0 Å². The molecule has 1 fully saturated rings. The van der Waals surface area contributed by atoms with Crippen LogP contribution in [-0.4, -0.2) is 54.3 Å². The third-order valence-electron chi connectivity index (χ3n) is 4.47. The predicted octanol–water partition coefficient (Wildman–Crippen LogP) is 3.13. The summed E-state index contributed by atoms with van der Waals surface area (Å²) in [6, 6.07) is 10.7. The van der Waals surface area contributed by atoms with Crippen molar-refractivity contribution in [1.29, 1.82) is 0 Å². The van der Waals surface area contributed by atoms with Crippen molar-refractivity contribution in [3.05, 3.63) is 53.9 Å². The van der Waals surface area contributed by atoms with E-state index in [0.717, 1.165) is 45.0 Å². The van der Waals surface area contributed by atoms with Crippen molar-refractivity contribution >= 4 is 11.8 Å². The number of pyridine rings is 1. The molecule has 2 heterocycles. The second kappa shape index (κ2) is 8.51. The highest BCUT2D eigenvalue weighted by Crippen LogP contribution is 2.28. The Morgan fingerprint density at radius 2 is 1.58 bits per heavy atom. The van der Waals surface area contributed by atoms with Gasteiger partial charge in [0, 0.05) is 56.6 Å². The summed E-state index contributed by atoms with van der Waals surface area (Å²) in [5.74, 6) is 0.966. The Hall–Kier alpha value is -1.56. The van der Waals surface area contributed by atoms with E-state index in [0.29, 0.717) is 0 Å². The minimum atomic E-state index is 0.966. The molecule has 2 aromatic rings. The van der Waals surface area contributed by atoms with Gasteiger partial charge in [0.2, 0.25) is 0 Å². The van der Waals surface area contributed by atoms with E-state index < -0.39 is 0 Å². The molecule has 0 unspecified atom stereocenters. The van der Waals surface area contributed by atoms with Crippen LogP contribution in [0.15, 0.2) is 47.6 Å². The highest BCUT2D eigenvalue weighted by molar-refractivity contribution is 7.98. The third kappa shape index (κ3) is 4.50. The molecule has 24 heavy (non-hydrogen) atoms. The number of methoxy groups -OCH3 is 1. The normalized spacial score (nSPS) is 16.2. The van der Waals surface area contributed by atoms with Gasteiger partial charge in [-0.2, -0.15) is 0 Å². The highest BCUT2D eigenvalue weighted by Gasteiger charge is 2.17. The lowest BCUT2D eigenvalue weighted by Crippen LogP contribution is -2.45. The number of nitrogens with zero attached hydrogens (tertiary/aromatic N) is 3. The maximum absolute atomic E-state index is 5.41. The number of hydrogen-bond donors (Lipinski definition) is 0. The van der Waals surface area contributed by atoms with Gasteiger partial charge in [0.25, 0.3) is 0 Å². The van der Waals surface area contributed by atoms with Gasteiger partial charge < -0.3 is 4.74 Å². The van der Waals surface area contributed by atoms with E-state index in [4.69, 9.17) is 4.74 Å². The molecule has 0 N–H and O–H groups in total. The Bertz CT molecular complexity index is 642. The summed E-state index contributed by atoms with van der Waals surface area (Å²) in [5, 5.41) is 0. The molecule has 128 valence electrons. The van der Waals surface area contributed by atoms with Crippen LogP contribution in [0.1, 0.15) is 11.1 Å². The number of benzene rings is 1. The summed E-state index contributed by atoms with van der Waals surface area (Å²) in [7, 11) is 1.73. The Morgan fingerprint density at radius 1 is 0.958 bits per heavy atom. The van der Waals surface area contributed by atoms with E-state index in [1.807, 2.05) is 12.4 Å². The molecule has 0 radical (unpaired) electrons. The van der Waals surface area contributed by atoms with Gasteiger partial charge >= 0.3 is 0 Å². The predicted molar refractivity (Wildman–Crippen MR) is 99.6 cm³/mol. The molecule has 3 rings (SSSR count).